The van der Waals surface area contributed by atoms with Crippen LogP contribution in [0.5, 0.6) is 11.5 Å². The molecule has 3 rings (SSSR count). The predicted octanol–water partition coefficient (Wildman–Crippen LogP) is 6.11. The molecule has 0 heterocycles. The summed E-state index contributed by atoms with van der Waals surface area (Å²) in [6.07, 6.45) is 0. The second kappa shape index (κ2) is 9.01. The lowest BCUT2D eigenvalue weighted by atomic mass is 10.1. The molecule has 0 atom stereocenters. The highest BCUT2D eigenvalue weighted by atomic mass is 35.5. The summed E-state index contributed by atoms with van der Waals surface area (Å²) in [4.78, 5) is 12.7. The third kappa shape index (κ3) is 5.09. The zero-order chi connectivity index (χ0) is 21.0. The van der Waals surface area contributed by atoms with Crippen LogP contribution in [-0.4, -0.2) is 13.0 Å². The summed E-state index contributed by atoms with van der Waals surface area (Å²) >= 11 is 5.99. The van der Waals surface area contributed by atoms with Crippen molar-refractivity contribution in [3.05, 3.63) is 87.4 Å². The van der Waals surface area contributed by atoms with Gasteiger partial charge in [0, 0.05) is 21.8 Å². The lowest BCUT2D eigenvalue weighted by molar-refractivity contribution is 0.102. The van der Waals surface area contributed by atoms with Crippen molar-refractivity contribution in [2.45, 2.75) is 27.4 Å². The van der Waals surface area contributed by atoms with Crippen molar-refractivity contribution < 1.29 is 14.3 Å². The summed E-state index contributed by atoms with van der Waals surface area (Å²) in [5.74, 6) is 1.25. The van der Waals surface area contributed by atoms with Gasteiger partial charge >= 0.3 is 0 Å². The lowest BCUT2D eigenvalue weighted by Crippen LogP contribution is -2.13. The minimum absolute atomic E-state index is 0.203. The zero-order valence-electron chi connectivity index (χ0n) is 17.0. The van der Waals surface area contributed by atoms with Gasteiger partial charge in [0.15, 0.2) is 0 Å². The van der Waals surface area contributed by atoms with Gasteiger partial charge in [-0.2, -0.15) is 0 Å². The number of aryl methyl sites for hydroxylation is 3. The van der Waals surface area contributed by atoms with Gasteiger partial charge in [-0.1, -0.05) is 17.7 Å². The lowest BCUT2D eigenvalue weighted by Gasteiger charge is -2.14. The minimum Gasteiger partial charge on any atom is -0.496 e. The number of carbonyl (C=O) groups excluding carboxylic acids is 1. The first kappa shape index (κ1) is 20.7. The SMILES string of the molecule is COc1ccc(C(=O)Nc2ccc(Cl)cc2C)cc1COc1ccc(C)c(C)c1. The first-order chi connectivity index (χ1) is 13.9. The average molecular weight is 410 g/mol. The fourth-order valence-electron chi connectivity index (χ4n) is 2.96. The molecule has 4 nitrogen and oxygen atoms in total. The van der Waals surface area contributed by atoms with Crippen molar-refractivity contribution >= 4 is 23.2 Å². The Morgan fingerprint density at radius 1 is 0.931 bits per heavy atom. The number of amides is 1. The van der Waals surface area contributed by atoms with Gasteiger partial charge in [0.25, 0.3) is 5.91 Å². The monoisotopic (exact) mass is 409 g/mol. The number of rotatable bonds is 6. The number of hydrogen-bond donors (Lipinski definition) is 1. The molecule has 29 heavy (non-hydrogen) atoms. The topological polar surface area (TPSA) is 47.6 Å². The van der Waals surface area contributed by atoms with E-state index in [0.717, 1.165) is 22.6 Å². The van der Waals surface area contributed by atoms with Crippen LogP contribution in [0.2, 0.25) is 5.02 Å². The van der Waals surface area contributed by atoms with E-state index in [2.05, 4.69) is 12.2 Å². The fourth-order valence-corrected chi connectivity index (χ4v) is 3.19. The summed E-state index contributed by atoms with van der Waals surface area (Å²) in [6, 6.07) is 16.6. The largest absolute Gasteiger partial charge is 0.496 e. The number of ether oxygens (including phenoxy) is 2. The number of benzene rings is 3. The van der Waals surface area contributed by atoms with Crippen molar-refractivity contribution in [1.82, 2.24) is 0 Å². The Balaban J connectivity index is 1.78. The summed E-state index contributed by atoms with van der Waals surface area (Å²) < 4.78 is 11.4. The average Bonchev–Trinajstić information content (AvgIpc) is 2.70. The van der Waals surface area contributed by atoms with E-state index in [-0.39, 0.29) is 5.91 Å². The quantitative estimate of drug-likeness (QED) is 0.534. The molecule has 0 spiro atoms. The summed E-state index contributed by atoms with van der Waals surface area (Å²) in [7, 11) is 1.60. The van der Waals surface area contributed by atoms with E-state index in [4.69, 9.17) is 21.1 Å². The second-order valence-electron chi connectivity index (χ2n) is 6.97. The van der Waals surface area contributed by atoms with Crippen molar-refractivity contribution in [3.8, 4) is 11.5 Å². The number of carbonyl (C=O) groups is 1. The van der Waals surface area contributed by atoms with Gasteiger partial charge in [-0.05, 0) is 86.0 Å². The molecular weight excluding hydrogens is 386 g/mol. The van der Waals surface area contributed by atoms with E-state index in [1.54, 1.807) is 37.4 Å². The Hall–Kier alpha value is -2.98. The van der Waals surface area contributed by atoms with E-state index in [9.17, 15) is 4.79 Å². The van der Waals surface area contributed by atoms with Crippen LogP contribution < -0.4 is 14.8 Å². The van der Waals surface area contributed by atoms with Crippen LogP contribution in [0.1, 0.15) is 32.6 Å². The van der Waals surface area contributed by atoms with E-state index in [1.165, 1.54) is 11.1 Å². The Morgan fingerprint density at radius 2 is 1.72 bits per heavy atom. The molecule has 0 radical (unpaired) electrons. The van der Waals surface area contributed by atoms with Crippen molar-refractivity contribution in [2.24, 2.45) is 0 Å². The Morgan fingerprint density at radius 3 is 2.41 bits per heavy atom. The maximum atomic E-state index is 12.7. The molecule has 0 bridgehead atoms. The molecule has 150 valence electrons. The predicted molar refractivity (Wildman–Crippen MR) is 117 cm³/mol. The first-order valence-corrected chi connectivity index (χ1v) is 9.69. The number of nitrogens with one attached hydrogen (secondary N) is 1. The highest BCUT2D eigenvalue weighted by Crippen LogP contribution is 2.25. The standard InChI is InChI=1S/C24H24ClNO3/c1-15-5-8-21(12-16(15)2)29-14-19-13-18(6-10-23(19)28-4)24(27)26-22-9-7-20(25)11-17(22)3/h5-13H,14H2,1-4H3,(H,26,27). The van der Waals surface area contributed by atoms with Gasteiger partial charge < -0.3 is 14.8 Å². The number of methoxy groups -OCH3 is 1. The molecule has 1 N–H and O–H groups in total. The van der Waals surface area contributed by atoms with Crippen LogP contribution in [0.4, 0.5) is 5.69 Å². The van der Waals surface area contributed by atoms with E-state index < -0.39 is 0 Å². The fraction of sp³-hybridized carbons (Fsp3) is 0.208. The number of anilines is 1. The molecule has 0 aliphatic heterocycles. The molecule has 3 aromatic carbocycles. The molecule has 0 fully saturated rings. The van der Waals surface area contributed by atoms with Gasteiger partial charge in [0.1, 0.15) is 18.1 Å². The molecule has 1 amide bonds. The summed E-state index contributed by atoms with van der Waals surface area (Å²) in [5.41, 5.74) is 5.33. The van der Waals surface area contributed by atoms with Gasteiger partial charge in [0.2, 0.25) is 0 Å². The van der Waals surface area contributed by atoms with Gasteiger partial charge in [-0.25, -0.2) is 0 Å². The first-order valence-electron chi connectivity index (χ1n) is 9.32. The number of hydrogen-bond acceptors (Lipinski definition) is 3. The molecule has 0 aliphatic carbocycles. The molecule has 0 saturated heterocycles. The normalized spacial score (nSPS) is 10.5. The Bertz CT molecular complexity index is 1050. The van der Waals surface area contributed by atoms with Gasteiger partial charge in [-0.15, -0.1) is 0 Å². The maximum Gasteiger partial charge on any atom is 0.255 e. The Labute approximate surface area is 176 Å². The molecule has 3 aromatic rings. The van der Waals surface area contributed by atoms with Gasteiger partial charge in [0.05, 0.1) is 7.11 Å². The third-order valence-corrected chi connectivity index (χ3v) is 5.09. The zero-order valence-corrected chi connectivity index (χ0v) is 17.8. The second-order valence-corrected chi connectivity index (χ2v) is 7.41. The molecule has 5 heteroatoms. The minimum atomic E-state index is -0.203. The van der Waals surface area contributed by atoms with E-state index in [1.807, 2.05) is 38.1 Å². The molecule has 0 saturated carbocycles. The van der Waals surface area contributed by atoms with Gasteiger partial charge in [-0.3, -0.25) is 4.79 Å². The smallest absolute Gasteiger partial charge is 0.255 e. The highest BCUT2D eigenvalue weighted by molar-refractivity contribution is 6.30. The van der Waals surface area contributed by atoms with Crippen molar-refractivity contribution in [1.29, 1.82) is 0 Å². The Kier molecular flexibility index (Phi) is 6.45. The van der Waals surface area contributed by atoms with Crippen molar-refractivity contribution in [3.63, 3.8) is 0 Å². The van der Waals surface area contributed by atoms with Crippen LogP contribution in [0.3, 0.4) is 0 Å². The van der Waals surface area contributed by atoms with E-state index >= 15 is 0 Å². The molecular formula is C24H24ClNO3. The van der Waals surface area contributed by atoms with Crippen LogP contribution in [0.15, 0.2) is 54.6 Å². The molecule has 0 unspecified atom stereocenters. The van der Waals surface area contributed by atoms with Crippen LogP contribution >= 0.6 is 11.6 Å². The highest BCUT2D eigenvalue weighted by Gasteiger charge is 2.12. The van der Waals surface area contributed by atoms with E-state index in [0.29, 0.717) is 22.9 Å². The van der Waals surface area contributed by atoms with Crippen LogP contribution in [-0.2, 0) is 6.61 Å². The summed E-state index contributed by atoms with van der Waals surface area (Å²) in [6.45, 7) is 6.31. The van der Waals surface area contributed by atoms with Crippen molar-refractivity contribution in [2.75, 3.05) is 12.4 Å². The van der Waals surface area contributed by atoms with Crippen LogP contribution in [0.25, 0.3) is 0 Å². The third-order valence-electron chi connectivity index (χ3n) is 4.85. The summed E-state index contributed by atoms with van der Waals surface area (Å²) in [5, 5.41) is 3.56. The maximum absolute atomic E-state index is 12.7. The number of halogens is 1. The van der Waals surface area contributed by atoms with Crippen LogP contribution in [0, 0.1) is 20.8 Å². The molecule has 0 aromatic heterocycles. The molecule has 0 aliphatic rings.